The van der Waals surface area contributed by atoms with Crippen LogP contribution in [-0.4, -0.2) is 16.9 Å². The Morgan fingerprint density at radius 2 is 1.45 bits per heavy atom. The zero-order valence-electron chi connectivity index (χ0n) is 12.7. The summed E-state index contributed by atoms with van der Waals surface area (Å²) in [5, 5.41) is 10.0. The monoisotopic (exact) mass is 280 g/mol. The van der Waals surface area contributed by atoms with Crippen molar-refractivity contribution in [3.63, 3.8) is 0 Å². The van der Waals surface area contributed by atoms with Crippen molar-refractivity contribution >= 4 is 11.8 Å². The summed E-state index contributed by atoms with van der Waals surface area (Å²) in [7, 11) is 0. The topological polar surface area (TPSA) is 54.4 Å². The molecule has 114 valence electrons. The Kier molecular flexibility index (Phi) is 5.22. The van der Waals surface area contributed by atoms with Gasteiger partial charge in [-0.15, -0.1) is 0 Å². The molecule has 0 saturated heterocycles. The molecule has 0 unspecified atom stereocenters. The van der Waals surface area contributed by atoms with Crippen molar-refractivity contribution in [3.05, 3.63) is 0 Å². The molecular weight excluding hydrogens is 252 g/mol. The molecule has 3 nitrogen and oxygen atoms in total. The number of carbonyl (C=O) groups excluding carboxylic acids is 1. The number of hydrogen-bond donors (Lipinski definition) is 1. The second-order valence-electron chi connectivity index (χ2n) is 6.77. The quantitative estimate of drug-likeness (QED) is 0.760. The number of rotatable bonds is 7. The van der Waals surface area contributed by atoms with Gasteiger partial charge in [0.2, 0.25) is 0 Å². The van der Waals surface area contributed by atoms with E-state index >= 15 is 0 Å². The summed E-state index contributed by atoms with van der Waals surface area (Å²) in [4.78, 5) is 24.4. The molecule has 0 aromatic carbocycles. The Hall–Kier alpha value is -0.860. The maximum absolute atomic E-state index is 12.2. The maximum atomic E-state index is 12.2. The van der Waals surface area contributed by atoms with E-state index in [9.17, 15) is 14.7 Å². The Balaban J connectivity index is 2.27. The van der Waals surface area contributed by atoms with Crippen LogP contribution in [0.5, 0.6) is 0 Å². The molecule has 0 bridgehead atoms. The van der Waals surface area contributed by atoms with Gasteiger partial charge in [-0.2, -0.15) is 0 Å². The lowest BCUT2D eigenvalue weighted by Crippen LogP contribution is -2.45. The van der Waals surface area contributed by atoms with Crippen molar-refractivity contribution in [1.29, 1.82) is 0 Å². The van der Waals surface area contributed by atoms with Gasteiger partial charge in [0.15, 0.2) is 0 Å². The smallest absolute Gasteiger partial charge is 0.310 e. The van der Waals surface area contributed by atoms with Gasteiger partial charge < -0.3 is 5.11 Å². The Morgan fingerprint density at radius 1 is 1.00 bits per heavy atom. The highest BCUT2D eigenvalue weighted by atomic mass is 16.4. The van der Waals surface area contributed by atoms with Crippen LogP contribution < -0.4 is 0 Å². The fraction of sp³-hybridized carbons (Fsp3) is 0.882. The predicted octanol–water partition coefficient (Wildman–Crippen LogP) is 4.20. The van der Waals surface area contributed by atoms with Crippen LogP contribution in [0, 0.1) is 17.3 Å². The van der Waals surface area contributed by atoms with E-state index in [1.165, 1.54) is 0 Å². The Bertz CT molecular complexity index is 333. The summed E-state index contributed by atoms with van der Waals surface area (Å²) in [6.45, 7) is 1.99. The first-order valence-corrected chi connectivity index (χ1v) is 8.36. The van der Waals surface area contributed by atoms with Gasteiger partial charge >= 0.3 is 5.97 Å². The number of carboxylic acids is 1. The van der Waals surface area contributed by atoms with Crippen LogP contribution in [0.2, 0.25) is 0 Å². The van der Waals surface area contributed by atoms with Gasteiger partial charge in [-0.1, -0.05) is 32.6 Å². The molecule has 0 aromatic heterocycles. The van der Waals surface area contributed by atoms with Gasteiger partial charge in [-0.05, 0) is 43.9 Å². The first-order chi connectivity index (χ1) is 9.61. The molecule has 1 N–H and O–H groups in total. The van der Waals surface area contributed by atoms with Crippen LogP contribution in [0.1, 0.15) is 77.6 Å². The average molecular weight is 280 g/mol. The van der Waals surface area contributed by atoms with Crippen LogP contribution in [0.4, 0.5) is 0 Å². The number of hydrogen-bond acceptors (Lipinski definition) is 2. The second-order valence-corrected chi connectivity index (χ2v) is 6.77. The lowest BCUT2D eigenvalue weighted by atomic mass is 9.62. The maximum Gasteiger partial charge on any atom is 0.310 e. The van der Waals surface area contributed by atoms with Crippen molar-refractivity contribution in [2.75, 3.05) is 0 Å². The Labute approximate surface area is 122 Å². The van der Waals surface area contributed by atoms with E-state index in [1.807, 2.05) is 6.92 Å². The van der Waals surface area contributed by atoms with Gasteiger partial charge in [-0.3, -0.25) is 9.59 Å². The van der Waals surface area contributed by atoms with E-state index in [-0.39, 0.29) is 24.0 Å². The second kappa shape index (κ2) is 6.73. The standard InChI is InChI=1S/C17H28O3/c1-2-7-15(18)12-17(16(19)20,13-8-3-4-9-13)14-10-5-6-11-14/h13-14H,2-12H2,1H3,(H,19,20). The van der Waals surface area contributed by atoms with Crippen LogP contribution >= 0.6 is 0 Å². The van der Waals surface area contributed by atoms with E-state index in [2.05, 4.69) is 0 Å². The number of carbonyl (C=O) groups is 2. The molecule has 0 radical (unpaired) electrons. The molecule has 2 aliphatic rings. The minimum Gasteiger partial charge on any atom is -0.481 e. The van der Waals surface area contributed by atoms with E-state index < -0.39 is 11.4 Å². The lowest BCUT2D eigenvalue weighted by molar-refractivity contribution is -0.160. The highest BCUT2D eigenvalue weighted by Crippen LogP contribution is 2.53. The van der Waals surface area contributed by atoms with Gasteiger partial charge in [0, 0.05) is 12.8 Å². The van der Waals surface area contributed by atoms with Gasteiger partial charge in [0.05, 0.1) is 5.41 Å². The molecule has 20 heavy (non-hydrogen) atoms. The average Bonchev–Trinajstić information content (AvgIpc) is 3.09. The van der Waals surface area contributed by atoms with Crippen LogP contribution in [0.25, 0.3) is 0 Å². The summed E-state index contributed by atoms with van der Waals surface area (Å²) in [5.41, 5.74) is -0.751. The Morgan fingerprint density at radius 3 is 1.80 bits per heavy atom. The highest BCUT2D eigenvalue weighted by Gasteiger charge is 2.53. The van der Waals surface area contributed by atoms with Crippen LogP contribution in [0.3, 0.4) is 0 Å². The van der Waals surface area contributed by atoms with E-state index in [0.29, 0.717) is 6.42 Å². The third-order valence-electron chi connectivity index (χ3n) is 5.58. The number of aliphatic carboxylic acids is 1. The van der Waals surface area contributed by atoms with Crippen molar-refractivity contribution in [1.82, 2.24) is 0 Å². The van der Waals surface area contributed by atoms with E-state index in [4.69, 9.17) is 0 Å². The first kappa shape index (κ1) is 15.5. The molecule has 0 atom stereocenters. The van der Waals surface area contributed by atoms with E-state index in [0.717, 1.165) is 57.8 Å². The fourth-order valence-corrected chi connectivity index (χ4v) is 4.62. The highest BCUT2D eigenvalue weighted by molar-refractivity contribution is 5.86. The molecule has 0 aliphatic heterocycles. The largest absolute Gasteiger partial charge is 0.481 e. The zero-order valence-corrected chi connectivity index (χ0v) is 12.7. The summed E-state index contributed by atoms with van der Waals surface area (Å²) < 4.78 is 0. The molecule has 0 amide bonds. The number of ketones is 1. The molecule has 2 rings (SSSR count). The summed E-state index contributed by atoms with van der Waals surface area (Å²) >= 11 is 0. The fourth-order valence-electron chi connectivity index (χ4n) is 4.62. The molecule has 3 heteroatoms. The molecule has 2 fully saturated rings. The van der Waals surface area contributed by atoms with Gasteiger partial charge in [0.1, 0.15) is 5.78 Å². The van der Waals surface area contributed by atoms with Gasteiger partial charge in [-0.25, -0.2) is 0 Å². The minimum atomic E-state index is -0.751. The molecule has 2 saturated carbocycles. The summed E-state index contributed by atoms with van der Waals surface area (Å²) in [6, 6.07) is 0. The van der Waals surface area contributed by atoms with Crippen molar-refractivity contribution < 1.29 is 14.7 Å². The molecule has 2 aliphatic carbocycles. The number of carboxylic acid groups (broad SMARTS) is 1. The molecule has 0 aromatic rings. The number of Topliss-reactive ketones (excluding diaryl/α,β-unsaturated/α-hetero) is 1. The van der Waals surface area contributed by atoms with E-state index in [1.54, 1.807) is 0 Å². The normalized spacial score (nSPS) is 21.4. The van der Waals surface area contributed by atoms with Crippen LogP contribution in [0.15, 0.2) is 0 Å². The van der Waals surface area contributed by atoms with Crippen molar-refractivity contribution in [2.45, 2.75) is 77.6 Å². The zero-order chi connectivity index (χ0) is 14.6. The predicted molar refractivity (Wildman–Crippen MR) is 78.5 cm³/mol. The third-order valence-corrected chi connectivity index (χ3v) is 5.58. The third kappa shape index (κ3) is 2.91. The molecule has 0 heterocycles. The summed E-state index contributed by atoms with van der Waals surface area (Å²) in [6.07, 6.45) is 10.2. The lowest BCUT2D eigenvalue weighted by Gasteiger charge is -2.40. The minimum absolute atomic E-state index is 0.161. The van der Waals surface area contributed by atoms with Gasteiger partial charge in [0.25, 0.3) is 0 Å². The van der Waals surface area contributed by atoms with Crippen LogP contribution in [-0.2, 0) is 9.59 Å². The molecule has 0 spiro atoms. The van der Waals surface area contributed by atoms with Crippen molar-refractivity contribution in [2.24, 2.45) is 17.3 Å². The molecular formula is C17H28O3. The first-order valence-electron chi connectivity index (χ1n) is 8.36. The van der Waals surface area contributed by atoms with Crippen molar-refractivity contribution in [3.8, 4) is 0 Å². The SMILES string of the molecule is CCCC(=O)CC(C(=O)O)(C1CCCC1)C1CCCC1. The summed E-state index contributed by atoms with van der Waals surface area (Å²) in [5.74, 6) is -0.0812.